The molecule has 2 nitrogen and oxygen atoms in total. The van der Waals surface area contributed by atoms with Crippen molar-refractivity contribution in [3.63, 3.8) is 0 Å². The molecule has 2 heteroatoms. The molecule has 0 aromatic heterocycles. The Kier molecular flexibility index (Phi) is 7.96. The fourth-order valence-electron chi connectivity index (χ4n) is 1.11. The van der Waals surface area contributed by atoms with Gasteiger partial charge in [0.25, 0.3) is 0 Å². The molecule has 0 aliphatic rings. The van der Waals surface area contributed by atoms with E-state index in [1.807, 2.05) is 0 Å². The second kappa shape index (κ2) is 8.02. The van der Waals surface area contributed by atoms with Crippen LogP contribution in [0.2, 0.25) is 0 Å². The summed E-state index contributed by atoms with van der Waals surface area (Å²) >= 11 is 0. The first-order chi connectivity index (χ1) is 5.31. The van der Waals surface area contributed by atoms with E-state index < -0.39 is 0 Å². The summed E-state index contributed by atoms with van der Waals surface area (Å²) in [5.41, 5.74) is 0. The maximum Gasteiger partial charge on any atom is 0.0946 e. The van der Waals surface area contributed by atoms with Gasteiger partial charge in [-0.1, -0.05) is 26.2 Å². The zero-order valence-electron chi connectivity index (χ0n) is 7.73. The SMILES string of the molecule is CCCCCC(C)NCC[O]. The van der Waals surface area contributed by atoms with E-state index in [2.05, 4.69) is 19.2 Å². The van der Waals surface area contributed by atoms with Gasteiger partial charge in [-0.05, 0) is 13.3 Å². The van der Waals surface area contributed by atoms with Gasteiger partial charge in [0.15, 0.2) is 0 Å². The lowest BCUT2D eigenvalue weighted by Gasteiger charge is -2.11. The van der Waals surface area contributed by atoms with Crippen molar-refractivity contribution < 1.29 is 5.11 Å². The molecule has 1 N–H and O–H groups in total. The minimum Gasteiger partial charge on any atom is -0.312 e. The Morgan fingerprint density at radius 1 is 1.36 bits per heavy atom. The van der Waals surface area contributed by atoms with Crippen molar-refractivity contribution in [2.75, 3.05) is 13.2 Å². The molecule has 0 saturated carbocycles. The summed E-state index contributed by atoms with van der Waals surface area (Å²) in [5.74, 6) is 0. The highest BCUT2D eigenvalue weighted by Crippen LogP contribution is 2.01. The zero-order chi connectivity index (χ0) is 8.53. The van der Waals surface area contributed by atoms with E-state index in [1.54, 1.807) is 0 Å². The summed E-state index contributed by atoms with van der Waals surface area (Å²) in [6.45, 7) is 4.96. The van der Waals surface area contributed by atoms with Crippen molar-refractivity contribution in [2.24, 2.45) is 0 Å². The summed E-state index contributed by atoms with van der Waals surface area (Å²) in [6.07, 6.45) is 5.06. The van der Waals surface area contributed by atoms with Crippen molar-refractivity contribution in [1.29, 1.82) is 0 Å². The van der Waals surface area contributed by atoms with Crippen molar-refractivity contribution >= 4 is 0 Å². The maximum atomic E-state index is 10.1. The standard InChI is InChI=1S/C9H20NO/c1-3-4-5-6-9(2)10-7-8-11/h9-10H,3-8H2,1-2H3. The highest BCUT2D eigenvalue weighted by atomic mass is 16.3. The molecule has 0 heterocycles. The van der Waals surface area contributed by atoms with Gasteiger partial charge < -0.3 is 5.32 Å². The first-order valence-electron chi connectivity index (χ1n) is 4.62. The zero-order valence-corrected chi connectivity index (χ0v) is 7.73. The van der Waals surface area contributed by atoms with Crippen LogP contribution in [0.25, 0.3) is 0 Å². The number of hydrogen-bond acceptors (Lipinski definition) is 1. The predicted octanol–water partition coefficient (Wildman–Crippen LogP) is 1.98. The first-order valence-corrected chi connectivity index (χ1v) is 4.62. The second-order valence-corrected chi connectivity index (χ2v) is 3.06. The molecule has 0 bridgehead atoms. The Hall–Kier alpha value is -0.0800. The third-order valence-electron chi connectivity index (χ3n) is 1.84. The van der Waals surface area contributed by atoms with Crippen LogP contribution in [-0.2, 0) is 5.11 Å². The summed E-state index contributed by atoms with van der Waals surface area (Å²) in [6, 6.07) is 0.524. The third kappa shape index (κ3) is 7.82. The largest absolute Gasteiger partial charge is 0.312 e. The molecule has 0 rings (SSSR count). The Morgan fingerprint density at radius 2 is 2.09 bits per heavy atom. The minimum atomic E-state index is -0.00187. The molecule has 67 valence electrons. The van der Waals surface area contributed by atoms with Crippen molar-refractivity contribution in [1.82, 2.24) is 5.32 Å². The van der Waals surface area contributed by atoms with Gasteiger partial charge in [-0.25, -0.2) is 5.11 Å². The van der Waals surface area contributed by atoms with Crippen LogP contribution in [0.5, 0.6) is 0 Å². The van der Waals surface area contributed by atoms with Gasteiger partial charge in [-0.3, -0.25) is 0 Å². The molecule has 0 aromatic rings. The van der Waals surface area contributed by atoms with Crippen LogP contribution in [0.3, 0.4) is 0 Å². The van der Waals surface area contributed by atoms with Crippen LogP contribution in [0.15, 0.2) is 0 Å². The molecule has 1 radical (unpaired) electrons. The Labute approximate surface area is 70.0 Å². The van der Waals surface area contributed by atoms with E-state index in [0.717, 1.165) is 0 Å². The number of rotatable bonds is 7. The maximum absolute atomic E-state index is 10.1. The van der Waals surface area contributed by atoms with Gasteiger partial charge >= 0.3 is 0 Å². The average molecular weight is 158 g/mol. The molecular weight excluding hydrogens is 138 g/mol. The van der Waals surface area contributed by atoms with Crippen LogP contribution in [0.1, 0.15) is 39.5 Å². The summed E-state index contributed by atoms with van der Waals surface area (Å²) in [5, 5.41) is 13.3. The lowest BCUT2D eigenvalue weighted by molar-refractivity contribution is 0.190. The highest BCUT2D eigenvalue weighted by Gasteiger charge is 1.98. The average Bonchev–Trinajstić information content (AvgIpc) is 2.01. The summed E-state index contributed by atoms with van der Waals surface area (Å²) in [7, 11) is 0. The van der Waals surface area contributed by atoms with Gasteiger partial charge in [0.2, 0.25) is 0 Å². The van der Waals surface area contributed by atoms with E-state index in [1.165, 1.54) is 25.7 Å². The number of hydrogen-bond donors (Lipinski definition) is 1. The van der Waals surface area contributed by atoms with E-state index in [4.69, 9.17) is 0 Å². The molecular formula is C9H20NO. The number of nitrogens with one attached hydrogen (secondary N) is 1. The Morgan fingerprint density at radius 3 is 2.64 bits per heavy atom. The predicted molar refractivity (Wildman–Crippen MR) is 47.2 cm³/mol. The van der Waals surface area contributed by atoms with Crippen LogP contribution >= 0.6 is 0 Å². The van der Waals surface area contributed by atoms with Gasteiger partial charge in [0, 0.05) is 12.6 Å². The van der Waals surface area contributed by atoms with Gasteiger partial charge in [-0.15, -0.1) is 0 Å². The van der Waals surface area contributed by atoms with E-state index in [9.17, 15) is 5.11 Å². The summed E-state index contributed by atoms with van der Waals surface area (Å²) < 4.78 is 0. The molecule has 0 aromatic carbocycles. The molecule has 0 fully saturated rings. The lowest BCUT2D eigenvalue weighted by Crippen LogP contribution is -2.28. The first kappa shape index (κ1) is 10.9. The van der Waals surface area contributed by atoms with Crippen molar-refractivity contribution in [3.05, 3.63) is 0 Å². The van der Waals surface area contributed by atoms with E-state index in [-0.39, 0.29) is 6.61 Å². The van der Waals surface area contributed by atoms with Crippen LogP contribution < -0.4 is 5.32 Å². The fraction of sp³-hybridized carbons (Fsp3) is 1.00. The van der Waals surface area contributed by atoms with Crippen LogP contribution in [0.4, 0.5) is 0 Å². The topological polar surface area (TPSA) is 31.9 Å². The third-order valence-corrected chi connectivity index (χ3v) is 1.84. The Bertz CT molecular complexity index is 76.0. The minimum absolute atomic E-state index is 0.00187. The second-order valence-electron chi connectivity index (χ2n) is 3.06. The molecule has 11 heavy (non-hydrogen) atoms. The molecule has 0 aliphatic carbocycles. The van der Waals surface area contributed by atoms with Crippen molar-refractivity contribution in [3.8, 4) is 0 Å². The van der Waals surface area contributed by atoms with E-state index in [0.29, 0.717) is 12.6 Å². The quantitative estimate of drug-likeness (QED) is 0.564. The molecule has 0 spiro atoms. The molecule has 0 amide bonds. The van der Waals surface area contributed by atoms with Crippen LogP contribution in [-0.4, -0.2) is 19.2 Å². The molecule has 0 saturated heterocycles. The normalized spacial score (nSPS) is 13.4. The van der Waals surface area contributed by atoms with Gasteiger partial charge in [-0.2, -0.15) is 0 Å². The Balaban J connectivity index is 3.02. The smallest absolute Gasteiger partial charge is 0.0946 e. The van der Waals surface area contributed by atoms with Gasteiger partial charge in [0.05, 0.1) is 6.61 Å². The number of unbranched alkanes of at least 4 members (excludes halogenated alkanes) is 2. The lowest BCUT2D eigenvalue weighted by atomic mass is 10.1. The van der Waals surface area contributed by atoms with E-state index >= 15 is 0 Å². The molecule has 1 unspecified atom stereocenters. The van der Waals surface area contributed by atoms with Crippen molar-refractivity contribution in [2.45, 2.75) is 45.6 Å². The van der Waals surface area contributed by atoms with Gasteiger partial charge in [0.1, 0.15) is 0 Å². The summed E-state index contributed by atoms with van der Waals surface area (Å²) in [4.78, 5) is 0. The highest BCUT2D eigenvalue weighted by molar-refractivity contribution is 4.59. The molecule has 0 aliphatic heterocycles. The molecule has 1 atom stereocenters. The monoisotopic (exact) mass is 158 g/mol. The fourth-order valence-corrected chi connectivity index (χ4v) is 1.11. The van der Waals surface area contributed by atoms with Crippen LogP contribution in [0, 0.1) is 0 Å².